The molecular weight excluding hydrogens is 516 g/mol. The molecule has 3 aromatic carbocycles. The maximum absolute atomic E-state index is 2.47. The van der Waals surface area contributed by atoms with Crippen LogP contribution in [0.3, 0.4) is 0 Å². The first-order valence-electron chi connectivity index (χ1n) is 14.9. The van der Waals surface area contributed by atoms with Gasteiger partial charge in [-0.1, -0.05) is 112 Å². The number of hydrogen-bond donors (Lipinski definition) is 0. The van der Waals surface area contributed by atoms with E-state index < -0.39 is 0 Å². The average molecular weight is 559 g/mol. The molecular formula is C38H42N2S. The summed E-state index contributed by atoms with van der Waals surface area (Å²) in [5.74, 6) is 0. The highest BCUT2D eigenvalue weighted by Gasteiger charge is 2.41. The van der Waals surface area contributed by atoms with Gasteiger partial charge in [-0.05, 0) is 71.9 Å². The second-order valence-electron chi connectivity index (χ2n) is 12.7. The topological polar surface area (TPSA) is 6.48 Å². The number of hydrogen-bond acceptors (Lipinski definition) is 3. The van der Waals surface area contributed by atoms with Crippen LogP contribution < -0.4 is 9.80 Å². The minimum absolute atomic E-state index is 0.0239. The molecule has 6 rings (SSSR count). The number of rotatable bonds is 5. The Balaban J connectivity index is 1.39. The lowest BCUT2D eigenvalue weighted by Gasteiger charge is -2.30. The molecule has 0 saturated carbocycles. The van der Waals surface area contributed by atoms with E-state index in [1.807, 2.05) is 11.8 Å². The van der Waals surface area contributed by atoms with Crippen LogP contribution in [0.2, 0.25) is 0 Å². The van der Waals surface area contributed by atoms with Crippen molar-refractivity contribution >= 4 is 23.1 Å². The second kappa shape index (κ2) is 10.8. The van der Waals surface area contributed by atoms with Crippen LogP contribution in [0.5, 0.6) is 0 Å². The lowest BCUT2D eigenvalue weighted by atomic mass is 9.80. The van der Waals surface area contributed by atoms with Crippen molar-refractivity contribution in [2.45, 2.75) is 68.7 Å². The number of nitrogens with zero attached hydrogens (tertiary/aromatic N) is 2. The number of anilines is 2. The van der Waals surface area contributed by atoms with Crippen LogP contribution in [0, 0.1) is 0 Å². The van der Waals surface area contributed by atoms with Crippen LogP contribution in [-0.4, -0.2) is 20.1 Å². The third kappa shape index (κ3) is 4.89. The van der Waals surface area contributed by atoms with Crippen molar-refractivity contribution in [3.63, 3.8) is 0 Å². The number of likely N-dealkylation sites (N-methyl/N-ethyl adjacent to an activating group) is 2. The lowest BCUT2D eigenvalue weighted by molar-refractivity contribution is 0.487. The van der Waals surface area contributed by atoms with E-state index in [-0.39, 0.29) is 10.8 Å². The number of thioether (sulfide) groups is 1. The Bertz CT molecular complexity index is 1570. The quantitative estimate of drug-likeness (QED) is 0.308. The third-order valence-electron chi connectivity index (χ3n) is 9.44. The van der Waals surface area contributed by atoms with Gasteiger partial charge in [-0.3, -0.25) is 0 Å². The Hall–Kier alpha value is -3.43. The number of para-hydroxylation sites is 2. The van der Waals surface area contributed by atoms with Gasteiger partial charge in [-0.15, -0.1) is 0 Å². The zero-order valence-corrected chi connectivity index (χ0v) is 26.1. The summed E-state index contributed by atoms with van der Waals surface area (Å²) in [7, 11) is 4.45. The van der Waals surface area contributed by atoms with Gasteiger partial charge in [0.05, 0.1) is 6.04 Å². The normalized spacial score (nSPS) is 23.1. The van der Waals surface area contributed by atoms with Crippen molar-refractivity contribution in [3.8, 4) is 0 Å². The van der Waals surface area contributed by atoms with E-state index in [4.69, 9.17) is 0 Å². The third-order valence-corrected chi connectivity index (χ3v) is 10.7. The van der Waals surface area contributed by atoms with E-state index >= 15 is 0 Å². The molecule has 0 N–H and O–H groups in total. The molecule has 0 saturated heterocycles. The maximum Gasteiger partial charge on any atom is 0.0565 e. The monoisotopic (exact) mass is 558 g/mol. The average Bonchev–Trinajstić information content (AvgIpc) is 3.29. The van der Waals surface area contributed by atoms with Crippen LogP contribution in [0.25, 0.3) is 0 Å². The second-order valence-corrected chi connectivity index (χ2v) is 13.8. The fraction of sp³-hybridized carbons (Fsp3) is 0.316. The Labute approximate surface area is 251 Å². The molecule has 3 heteroatoms. The molecule has 2 heterocycles. The summed E-state index contributed by atoms with van der Waals surface area (Å²) in [6.07, 6.45) is 13.1. The van der Waals surface area contributed by atoms with E-state index in [1.54, 1.807) is 0 Å². The van der Waals surface area contributed by atoms with Crippen molar-refractivity contribution in [2.75, 3.05) is 23.9 Å². The van der Waals surface area contributed by atoms with Gasteiger partial charge in [-0.25, -0.2) is 0 Å². The summed E-state index contributed by atoms with van der Waals surface area (Å²) in [6.45, 7) is 9.47. The van der Waals surface area contributed by atoms with Crippen LogP contribution in [0.4, 0.5) is 11.4 Å². The summed E-state index contributed by atoms with van der Waals surface area (Å²) in [6, 6.07) is 28.9. The Morgan fingerprint density at radius 3 is 2.12 bits per heavy atom. The predicted octanol–water partition coefficient (Wildman–Crippen LogP) is 9.81. The van der Waals surface area contributed by atoms with Gasteiger partial charge in [-0.2, -0.15) is 0 Å². The highest BCUT2D eigenvalue weighted by Crippen LogP contribution is 2.48. The first-order valence-corrected chi connectivity index (χ1v) is 15.7. The molecule has 3 aliphatic rings. The summed E-state index contributed by atoms with van der Waals surface area (Å²) in [5, 5.41) is 0. The molecule has 1 atom stereocenters. The first-order chi connectivity index (χ1) is 19.7. The van der Waals surface area contributed by atoms with Crippen molar-refractivity contribution in [1.82, 2.24) is 0 Å². The Kier molecular flexibility index (Phi) is 7.28. The Morgan fingerprint density at radius 1 is 0.756 bits per heavy atom. The van der Waals surface area contributed by atoms with Gasteiger partial charge < -0.3 is 9.80 Å². The van der Waals surface area contributed by atoms with Gasteiger partial charge in [0.1, 0.15) is 0 Å². The van der Waals surface area contributed by atoms with Crippen molar-refractivity contribution < 1.29 is 0 Å². The molecule has 0 spiro atoms. The van der Waals surface area contributed by atoms with E-state index in [2.05, 4.69) is 155 Å². The molecule has 0 aromatic heterocycles. The lowest BCUT2D eigenvalue weighted by Crippen LogP contribution is -2.37. The van der Waals surface area contributed by atoms with Crippen molar-refractivity contribution in [1.29, 1.82) is 0 Å². The van der Waals surface area contributed by atoms with Gasteiger partial charge >= 0.3 is 0 Å². The molecule has 0 bridgehead atoms. The SMILES string of the molecule is CN1/C(=C/C=C2\CCCC(/C=C/C3N(C)c4ccccc4C3(C)C)=C2Sc2ccccc2)C(C)(C)c2ccccc21. The van der Waals surface area contributed by atoms with E-state index in [0.29, 0.717) is 6.04 Å². The minimum atomic E-state index is -0.0239. The molecule has 210 valence electrons. The molecule has 3 aromatic rings. The van der Waals surface area contributed by atoms with Crippen molar-refractivity contribution in [3.05, 3.63) is 136 Å². The zero-order valence-electron chi connectivity index (χ0n) is 25.3. The predicted molar refractivity (Wildman–Crippen MR) is 178 cm³/mol. The number of benzene rings is 3. The van der Waals surface area contributed by atoms with Crippen LogP contribution in [0.15, 0.2) is 130 Å². The molecule has 0 fully saturated rings. The largest absolute Gasteiger partial charge is 0.367 e. The molecule has 2 nitrogen and oxygen atoms in total. The van der Waals surface area contributed by atoms with Crippen LogP contribution >= 0.6 is 11.8 Å². The smallest absolute Gasteiger partial charge is 0.0565 e. The maximum atomic E-state index is 2.47. The Morgan fingerprint density at radius 2 is 1.41 bits per heavy atom. The fourth-order valence-corrected chi connectivity index (χ4v) is 8.27. The molecule has 0 radical (unpaired) electrons. The zero-order chi connectivity index (χ0) is 28.8. The fourth-order valence-electron chi connectivity index (χ4n) is 7.14. The van der Waals surface area contributed by atoms with Gasteiger partial charge in [0.2, 0.25) is 0 Å². The van der Waals surface area contributed by atoms with Gasteiger partial charge in [0.15, 0.2) is 0 Å². The highest BCUT2D eigenvalue weighted by atomic mass is 32.2. The van der Waals surface area contributed by atoms with Crippen molar-refractivity contribution in [2.24, 2.45) is 0 Å². The summed E-state index contributed by atoms with van der Waals surface area (Å²) in [4.78, 5) is 7.54. The van der Waals surface area contributed by atoms with Gasteiger partial charge in [0.25, 0.3) is 0 Å². The van der Waals surface area contributed by atoms with E-state index in [0.717, 1.165) is 12.8 Å². The summed E-state index contributed by atoms with van der Waals surface area (Å²) in [5.41, 5.74) is 9.78. The summed E-state index contributed by atoms with van der Waals surface area (Å²) >= 11 is 1.93. The summed E-state index contributed by atoms with van der Waals surface area (Å²) < 4.78 is 0. The van der Waals surface area contributed by atoms with E-state index in [1.165, 1.54) is 55.6 Å². The molecule has 0 amide bonds. The van der Waals surface area contributed by atoms with E-state index in [9.17, 15) is 0 Å². The molecule has 41 heavy (non-hydrogen) atoms. The molecule has 1 unspecified atom stereocenters. The molecule has 2 aliphatic heterocycles. The molecule has 1 aliphatic carbocycles. The number of fused-ring (bicyclic) bond motifs is 2. The number of allylic oxidation sites excluding steroid dienone is 6. The minimum Gasteiger partial charge on any atom is -0.367 e. The van der Waals surface area contributed by atoms with Crippen LogP contribution in [0.1, 0.15) is 58.1 Å². The van der Waals surface area contributed by atoms with Gasteiger partial charge in [0, 0.05) is 51.8 Å². The standard InChI is InChI=1S/C38H42N2S/c1-37(2)30-19-10-12-21-32(30)39(5)34(37)25-23-27-15-14-16-28(36(27)41-29-17-8-7-9-18-29)24-26-35-38(3,4)31-20-11-13-22-33(31)40(35)6/h7-13,17-26,34H,14-16H2,1-6H3/b25-23+,28-24+,35-26+. The highest BCUT2D eigenvalue weighted by molar-refractivity contribution is 8.03. The van der Waals surface area contributed by atoms with Crippen LogP contribution in [-0.2, 0) is 10.8 Å². The first kappa shape index (κ1) is 27.7.